The number of rotatable bonds is 6. The van der Waals surface area contributed by atoms with E-state index in [1.807, 2.05) is 43.3 Å². The van der Waals surface area contributed by atoms with Gasteiger partial charge in [0.05, 0.1) is 6.21 Å². The number of benzene rings is 3. The first-order valence-electron chi connectivity index (χ1n) is 10.0. The maximum atomic E-state index is 13.0. The molecule has 0 radical (unpaired) electrons. The van der Waals surface area contributed by atoms with Gasteiger partial charge >= 0.3 is 0 Å². The minimum Gasteiger partial charge on any atom is -0.455 e. The van der Waals surface area contributed by atoms with Crippen molar-refractivity contribution in [1.29, 1.82) is 0 Å². The van der Waals surface area contributed by atoms with Crippen LogP contribution in [0.25, 0.3) is 11.3 Å². The molecule has 0 spiro atoms. The van der Waals surface area contributed by atoms with Crippen LogP contribution in [-0.4, -0.2) is 17.2 Å². The number of aryl methyl sites for hydroxylation is 1. The highest BCUT2D eigenvalue weighted by atomic mass is 79.9. The summed E-state index contributed by atoms with van der Waals surface area (Å²) in [6, 6.07) is 27.1. The quantitative estimate of drug-likeness (QED) is 0.281. The van der Waals surface area contributed by atoms with E-state index in [0.29, 0.717) is 22.6 Å². The fraction of sp³-hybridized carbons (Fsp3) is 0.0769. The number of carbonyl (C=O) groups excluding carboxylic acids is 1. The Balaban J connectivity index is 1.54. The minimum atomic E-state index is -1.89. The molecule has 6 heteroatoms. The van der Waals surface area contributed by atoms with E-state index in [0.717, 1.165) is 15.6 Å². The summed E-state index contributed by atoms with van der Waals surface area (Å²) in [6.07, 6.45) is 1.40. The van der Waals surface area contributed by atoms with E-state index in [1.54, 1.807) is 54.6 Å². The number of hydrogen-bond acceptors (Lipinski definition) is 4. The van der Waals surface area contributed by atoms with Crippen LogP contribution in [0, 0.1) is 6.92 Å². The van der Waals surface area contributed by atoms with E-state index < -0.39 is 11.5 Å². The number of nitrogens with one attached hydrogen (secondary N) is 1. The third kappa shape index (κ3) is 4.42. The standard InChI is InChI=1S/C26H21BrN2O3/c1-18-12-13-19(16-23(18)27)24-15-14-22(32-24)17-28-29-25(30)26(31,20-8-4-2-5-9-20)21-10-6-3-7-11-21/h2-17,31H,1H3,(H,29,30)/b28-17-. The SMILES string of the molecule is Cc1ccc(-c2ccc(/C=N\NC(=O)C(O)(c3ccccc3)c3ccccc3)o2)cc1Br. The summed E-state index contributed by atoms with van der Waals surface area (Å²) in [6.45, 7) is 2.02. The van der Waals surface area contributed by atoms with E-state index in [-0.39, 0.29) is 0 Å². The van der Waals surface area contributed by atoms with Crippen molar-refractivity contribution in [2.75, 3.05) is 0 Å². The molecule has 2 N–H and O–H groups in total. The predicted molar refractivity (Wildman–Crippen MR) is 128 cm³/mol. The molecule has 0 unspecified atom stereocenters. The smallest absolute Gasteiger partial charge is 0.281 e. The van der Waals surface area contributed by atoms with Crippen molar-refractivity contribution < 1.29 is 14.3 Å². The highest BCUT2D eigenvalue weighted by molar-refractivity contribution is 9.10. The van der Waals surface area contributed by atoms with Crippen molar-refractivity contribution in [1.82, 2.24) is 5.43 Å². The molecule has 1 amide bonds. The molecule has 0 atom stereocenters. The van der Waals surface area contributed by atoms with Crippen LogP contribution in [0.15, 0.2) is 105 Å². The van der Waals surface area contributed by atoms with E-state index in [9.17, 15) is 9.90 Å². The van der Waals surface area contributed by atoms with Crippen molar-refractivity contribution in [3.05, 3.63) is 118 Å². The number of hydrazone groups is 1. The van der Waals surface area contributed by atoms with Crippen molar-refractivity contribution in [2.24, 2.45) is 5.10 Å². The fourth-order valence-corrected chi connectivity index (χ4v) is 3.73. The average molecular weight is 489 g/mol. The van der Waals surface area contributed by atoms with Gasteiger partial charge in [-0.3, -0.25) is 4.79 Å². The lowest BCUT2D eigenvalue weighted by molar-refractivity contribution is -0.136. The molecule has 0 aliphatic carbocycles. The van der Waals surface area contributed by atoms with Gasteiger partial charge in [-0.15, -0.1) is 0 Å². The Hall–Kier alpha value is -3.48. The Morgan fingerprint density at radius 1 is 0.969 bits per heavy atom. The topological polar surface area (TPSA) is 74.8 Å². The number of amides is 1. The second kappa shape index (κ2) is 9.34. The van der Waals surface area contributed by atoms with Crippen molar-refractivity contribution in [3.63, 3.8) is 0 Å². The number of aliphatic hydroxyl groups is 1. The molecule has 0 fully saturated rings. The van der Waals surface area contributed by atoms with Crippen molar-refractivity contribution in [2.45, 2.75) is 12.5 Å². The molecule has 5 nitrogen and oxygen atoms in total. The summed E-state index contributed by atoms with van der Waals surface area (Å²) in [5.74, 6) is 0.490. The molecule has 1 aromatic heterocycles. The van der Waals surface area contributed by atoms with Crippen LogP contribution < -0.4 is 5.43 Å². The van der Waals surface area contributed by atoms with Crippen LogP contribution in [-0.2, 0) is 10.4 Å². The number of nitrogens with zero attached hydrogens (tertiary/aromatic N) is 1. The van der Waals surface area contributed by atoms with Crippen LogP contribution in [0.2, 0.25) is 0 Å². The second-order valence-electron chi connectivity index (χ2n) is 7.31. The first-order valence-corrected chi connectivity index (χ1v) is 10.8. The van der Waals surface area contributed by atoms with Crippen molar-refractivity contribution >= 4 is 28.1 Å². The third-order valence-electron chi connectivity index (χ3n) is 5.15. The third-order valence-corrected chi connectivity index (χ3v) is 6.01. The zero-order valence-corrected chi connectivity index (χ0v) is 18.9. The molecule has 0 saturated heterocycles. The van der Waals surface area contributed by atoms with Crippen molar-refractivity contribution in [3.8, 4) is 11.3 Å². The second-order valence-corrected chi connectivity index (χ2v) is 8.16. The van der Waals surface area contributed by atoms with Gasteiger partial charge in [0, 0.05) is 10.0 Å². The van der Waals surface area contributed by atoms with Gasteiger partial charge in [-0.1, -0.05) is 88.7 Å². The van der Waals surface area contributed by atoms with Gasteiger partial charge in [0.2, 0.25) is 0 Å². The Morgan fingerprint density at radius 3 is 2.19 bits per heavy atom. The van der Waals surface area contributed by atoms with Crippen LogP contribution in [0.1, 0.15) is 22.5 Å². The maximum absolute atomic E-state index is 13.0. The summed E-state index contributed by atoms with van der Waals surface area (Å²) in [5.41, 5.74) is 3.52. The Morgan fingerprint density at radius 2 is 1.59 bits per heavy atom. The van der Waals surface area contributed by atoms with Crippen LogP contribution in [0.4, 0.5) is 0 Å². The van der Waals surface area contributed by atoms with Crippen LogP contribution in [0.5, 0.6) is 0 Å². The molecule has 1 heterocycles. The zero-order valence-electron chi connectivity index (χ0n) is 17.3. The lowest BCUT2D eigenvalue weighted by Gasteiger charge is -2.26. The Bertz CT molecular complexity index is 1210. The molecule has 4 rings (SSSR count). The molecule has 0 aliphatic rings. The molecule has 0 bridgehead atoms. The average Bonchev–Trinajstić information content (AvgIpc) is 3.30. The van der Waals surface area contributed by atoms with Gasteiger partial charge in [0.15, 0.2) is 5.60 Å². The number of carbonyl (C=O) groups is 1. The Kier molecular flexibility index (Phi) is 6.35. The van der Waals surface area contributed by atoms with Crippen LogP contribution in [0.3, 0.4) is 0 Å². The predicted octanol–water partition coefficient (Wildman–Crippen LogP) is 5.40. The zero-order chi connectivity index (χ0) is 22.6. The highest BCUT2D eigenvalue weighted by Crippen LogP contribution is 2.30. The molecule has 3 aromatic carbocycles. The first kappa shape index (κ1) is 21.7. The van der Waals surface area contributed by atoms with Gasteiger partial charge in [0.25, 0.3) is 5.91 Å². The van der Waals surface area contributed by atoms with Gasteiger partial charge in [0.1, 0.15) is 11.5 Å². The van der Waals surface area contributed by atoms with E-state index >= 15 is 0 Å². The van der Waals surface area contributed by atoms with Gasteiger partial charge in [-0.2, -0.15) is 5.10 Å². The van der Waals surface area contributed by atoms with Gasteiger partial charge in [-0.25, -0.2) is 5.43 Å². The lowest BCUT2D eigenvalue weighted by Crippen LogP contribution is -2.43. The number of furan rings is 1. The summed E-state index contributed by atoms with van der Waals surface area (Å²) in [5, 5.41) is 15.4. The lowest BCUT2D eigenvalue weighted by atomic mass is 9.85. The van der Waals surface area contributed by atoms with E-state index in [4.69, 9.17) is 4.42 Å². The first-order chi connectivity index (χ1) is 15.5. The largest absolute Gasteiger partial charge is 0.455 e. The molecule has 32 heavy (non-hydrogen) atoms. The summed E-state index contributed by atoms with van der Waals surface area (Å²) >= 11 is 3.53. The number of hydrogen-bond donors (Lipinski definition) is 2. The normalized spacial score (nSPS) is 11.6. The van der Waals surface area contributed by atoms with E-state index in [2.05, 4.69) is 26.5 Å². The molecule has 4 aromatic rings. The minimum absolute atomic E-state index is 0.448. The van der Waals surface area contributed by atoms with Gasteiger partial charge in [-0.05, 0) is 41.8 Å². The van der Waals surface area contributed by atoms with Gasteiger partial charge < -0.3 is 9.52 Å². The number of halogens is 1. The summed E-state index contributed by atoms with van der Waals surface area (Å²) in [7, 11) is 0. The van der Waals surface area contributed by atoms with Crippen LogP contribution >= 0.6 is 15.9 Å². The molecular formula is C26H21BrN2O3. The molecular weight excluding hydrogens is 468 g/mol. The maximum Gasteiger partial charge on any atom is 0.281 e. The summed E-state index contributed by atoms with van der Waals surface area (Å²) < 4.78 is 6.81. The molecule has 0 saturated carbocycles. The fourth-order valence-electron chi connectivity index (χ4n) is 3.35. The monoisotopic (exact) mass is 488 g/mol. The van der Waals surface area contributed by atoms with E-state index in [1.165, 1.54) is 6.21 Å². The summed E-state index contributed by atoms with van der Waals surface area (Å²) in [4.78, 5) is 13.0. The molecule has 160 valence electrons. The Labute approximate surface area is 194 Å². The highest BCUT2D eigenvalue weighted by Gasteiger charge is 2.39. The molecule has 0 aliphatic heterocycles.